The van der Waals surface area contributed by atoms with Crippen molar-refractivity contribution in [3.63, 3.8) is 0 Å². The van der Waals surface area contributed by atoms with E-state index in [1.165, 1.54) is 13.3 Å². The molecule has 2 rings (SSSR count). The Bertz CT molecular complexity index is 528. The fourth-order valence-corrected chi connectivity index (χ4v) is 1.61. The summed E-state index contributed by atoms with van der Waals surface area (Å²) in [5.74, 6) is -2.69. The second kappa shape index (κ2) is 11.9. The van der Waals surface area contributed by atoms with Crippen LogP contribution in [-0.4, -0.2) is 67.9 Å². The van der Waals surface area contributed by atoms with Crippen LogP contribution in [0.15, 0.2) is 12.5 Å². The van der Waals surface area contributed by atoms with Gasteiger partial charge in [0.2, 0.25) is 0 Å². The summed E-state index contributed by atoms with van der Waals surface area (Å²) in [4.78, 5) is 36.5. The number of carbonyl (C=O) groups is 3. The largest absolute Gasteiger partial charge is 0.480 e. The maximum Gasteiger partial charge on any atom is 0.320 e. The smallest absolute Gasteiger partial charge is 0.320 e. The molecule has 0 radical (unpaired) electrons. The molecule has 11 heteroatoms. The molecule has 2 heterocycles. The van der Waals surface area contributed by atoms with E-state index < -0.39 is 30.0 Å². The number of H-pyrrole nitrogens is 1. The molecule has 0 saturated carbocycles. The highest BCUT2D eigenvalue weighted by Gasteiger charge is 2.20. The molecule has 25 heavy (non-hydrogen) atoms. The quantitative estimate of drug-likeness (QED) is 0.327. The molecule has 1 aromatic rings. The van der Waals surface area contributed by atoms with Crippen LogP contribution < -0.4 is 16.8 Å². The average molecular weight is 359 g/mol. The topological polar surface area (TPSA) is 205 Å². The van der Waals surface area contributed by atoms with E-state index in [1.807, 2.05) is 0 Å². The lowest BCUT2D eigenvalue weighted by Gasteiger charge is -2.01. The number of nitrogens with zero attached hydrogens (tertiary/aromatic N) is 1. The van der Waals surface area contributed by atoms with Crippen molar-refractivity contribution in [2.24, 2.45) is 11.5 Å². The van der Waals surface area contributed by atoms with Crippen molar-refractivity contribution >= 4 is 17.9 Å². The number of hydrogen-bond donors (Lipinski definition) is 7. The van der Waals surface area contributed by atoms with Gasteiger partial charge in [0.1, 0.15) is 18.1 Å². The lowest BCUT2D eigenvalue weighted by Crippen LogP contribution is -2.32. The van der Waals surface area contributed by atoms with Gasteiger partial charge in [-0.15, -0.1) is 0 Å². The molecule has 3 atom stereocenters. The summed E-state index contributed by atoms with van der Waals surface area (Å²) in [7, 11) is 0. The lowest BCUT2D eigenvalue weighted by molar-refractivity contribution is -0.139. The Kier molecular flexibility index (Phi) is 10.8. The highest BCUT2D eigenvalue weighted by molar-refractivity contribution is 5.74. The highest BCUT2D eigenvalue weighted by atomic mass is 16.4. The molecule has 9 N–H and O–H groups in total. The molecule has 0 spiro atoms. The monoisotopic (exact) mass is 359 g/mol. The van der Waals surface area contributed by atoms with Crippen LogP contribution in [0.3, 0.4) is 0 Å². The van der Waals surface area contributed by atoms with Crippen LogP contribution in [0.2, 0.25) is 0 Å². The standard InChI is InChI=1S/C6H9N3O2.C5H9NO2.C3H7NO2/c7-5(6(10)11)1-4-2-8-3-9-4;7-5(8)4-2-1-3-6-4;1-2(4)3(5)6/h2-3,5H,1,7H2,(H,8,9)(H,10,11);4,6H,1-3H2,(H,7,8);2H,4H2,1H3,(H,5,6)/t5-;4-;2-/m000/s1. The van der Waals surface area contributed by atoms with Gasteiger partial charge in [-0.2, -0.15) is 0 Å². The summed E-state index contributed by atoms with van der Waals surface area (Å²) in [6.07, 6.45) is 5.16. The lowest BCUT2D eigenvalue weighted by atomic mass is 10.2. The summed E-state index contributed by atoms with van der Waals surface area (Å²) in [5.41, 5.74) is 10.8. The molecular weight excluding hydrogens is 334 g/mol. The predicted octanol–water partition coefficient (Wildman–Crippen LogP) is -1.39. The molecule has 0 unspecified atom stereocenters. The SMILES string of the molecule is C[C@H](N)C(=O)O.N[C@@H](Cc1c[nH]cn1)C(=O)O.O=C(O)[C@@H]1CCCN1. The second-order valence-electron chi connectivity index (χ2n) is 5.32. The van der Waals surface area contributed by atoms with E-state index in [1.54, 1.807) is 6.20 Å². The molecule has 1 aromatic heterocycles. The number of aromatic nitrogens is 2. The summed E-state index contributed by atoms with van der Waals surface area (Å²) in [6.45, 7) is 2.28. The van der Waals surface area contributed by atoms with Crippen LogP contribution in [0.25, 0.3) is 0 Å². The van der Waals surface area contributed by atoms with Crippen LogP contribution in [-0.2, 0) is 20.8 Å². The molecule has 0 bridgehead atoms. The van der Waals surface area contributed by atoms with Crippen molar-refractivity contribution in [1.82, 2.24) is 15.3 Å². The van der Waals surface area contributed by atoms with E-state index >= 15 is 0 Å². The maximum atomic E-state index is 10.3. The van der Waals surface area contributed by atoms with Gasteiger partial charge in [-0.05, 0) is 26.3 Å². The molecule has 11 nitrogen and oxygen atoms in total. The summed E-state index contributed by atoms with van der Waals surface area (Å²) >= 11 is 0. The average Bonchev–Trinajstić information content (AvgIpc) is 3.21. The molecular formula is C14H25N5O6. The number of carboxylic acid groups (broad SMARTS) is 3. The minimum Gasteiger partial charge on any atom is -0.480 e. The number of aliphatic carboxylic acids is 3. The number of imidazole rings is 1. The number of aromatic amines is 1. The number of rotatable bonds is 5. The summed E-state index contributed by atoms with van der Waals surface area (Å²) in [6, 6.07) is -1.86. The van der Waals surface area contributed by atoms with Gasteiger partial charge in [-0.1, -0.05) is 0 Å². The van der Waals surface area contributed by atoms with E-state index in [-0.39, 0.29) is 12.5 Å². The molecule has 0 aromatic carbocycles. The molecule has 1 saturated heterocycles. The zero-order chi connectivity index (χ0) is 19.4. The van der Waals surface area contributed by atoms with Gasteiger partial charge in [-0.3, -0.25) is 14.4 Å². The molecule has 0 aliphatic carbocycles. The van der Waals surface area contributed by atoms with Crippen LogP contribution in [0, 0.1) is 0 Å². The van der Waals surface area contributed by atoms with Crippen molar-refractivity contribution in [3.8, 4) is 0 Å². The zero-order valence-corrected chi connectivity index (χ0v) is 13.9. The van der Waals surface area contributed by atoms with Gasteiger partial charge in [0.05, 0.1) is 12.0 Å². The van der Waals surface area contributed by atoms with Gasteiger partial charge in [-0.25, -0.2) is 4.98 Å². The van der Waals surface area contributed by atoms with E-state index in [0.717, 1.165) is 19.4 Å². The Labute approximate surface area is 144 Å². The van der Waals surface area contributed by atoms with Crippen molar-refractivity contribution in [2.75, 3.05) is 6.54 Å². The van der Waals surface area contributed by atoms with E-state index in [4.69, 9.17) is 26.8 Å². The van der Waals surface area contributed by atoms with Crippen LogP contribution >= 0.6 is 0 Å². The van der Waals surface area contributed by atoms with E-state index in [0.29, 0.717) is 5.69 Å². The number of hydrogen-bond acceptors (Lipinski definition) is 7. The third-order valence-electron chi connectivity index (χ3n) is 3.05. The van der Waals surface area contributed by atoms with Gasteiger partial charge in [0.25, 0.3) is 0 Å². The van der Waals surface area contributed by atoms with Gasteiger partial charge in [0.15, 0.2) is 0 Å². The number of nitrogens with two attached hydrogens (primary N) is 2. The fourth-order valence-electron chi connectivity index (χ4n) is 1.61. The number of carboxylic acids is 3. The Morgan fingerprint density at radius 3 is 2.16 bits per heavy atom. The van der Waals surface area contributed by atoms with E-state index in [2.05, 4.69) is 15.3 Å². The van der Waals surface area contributed by atoms with Crippen LogP contribution in [0.5, 0.6) is 0 Å². The van der Waals surface area contributed by atoms with Crippen molar-refractivity contribution in [3.05, 3.63) is 18.2 Å². The molecule has 1 aliphatic heterocycles. The van der Waals surface area contributed by atoms with E-state index in [9.17, 15) is 14.4 Å². The first-order chi connectivity index (χ1) is 11.6. The first-order valence-corrected chi connectivity index (χ1v) is 7.55. The Hall–Kier alpha value is -2.50. The molecule has 1 aliphatic rings. The Morgan fingerprint density at radius 2 is 1.88 bits per heavy atom. The fraction of sp³-hybridized carbons (Fsp3) is 0.571. The Balaban J connectivity index is 0.000000365. The minimum absolute atomic E-state index is 0.263. The van der Waals surface area contributed by atoms with Crippen molar-refractivity contribution in [2.45, 2.75) is 44.3 Å². The van der Waals surface area contributed by atoms with Crippen LogP contribution in [0.4, 0.5) is 0 Å². The van der Waals surface area contributed by atoms with Gasteiger partial charge >= 0.3 is 17.9 Å². The van der Waals surface area contributed by atoms with Gasteiger partial charge < -0.3 is 37.1 Å². The highest BCUT2D eigenvalue weighted by Crippen LogP contribution is 2.03. The molecule has 1 fully saturated rings. The van der Waals surface area contributed by atoms with Crippen molar-refractivity contribution in [1.29, 1.82) is 0 Å². The normalized spacial score (nSPS) is 18.0. The van der Waals surface area contributed by atoms with Crippen molar-refractivity contribution < 1.29 is 29.7 Å². The van der Waals surface area contributed by atoms with Crippen LogP contribution in [0.1, 0.15) is 25.5 Å². The zero-order valence-electron chi connectivity index (χ0n) is 13.9. The molecule has 142 valence electrons. The minimum atomic E-state index is -1.01. The van der Waals surface area contributed by atoms with Gasteiger partial charge in [0, 0.05) is 12.6 Å². The molecule has 0 amide bonds. The predicted molar refractivity (Wildman–Crippen MR) is 87.8 cm³/mol. The first kappa shape index (κ1) is 22.5. The third kappa shape index (κ3) is 10.8. The maximum absolute atomic E-state index is 10.3. The first-order valence-electron chi connectivity index (χ1n) is 7.55. The summed E-state index contributed by atoms with van der Waals surface area (Å²) < 4.78 is 0. The Morgan fingerprint density at radius 1 is 1.28 bits per heavy atom. The third-order valence-corrected chi connectivity index (χ3v) is 3.05. The summed E-state index contributed by atoms with van der Waals surface area (Å²) in [5, 5.41) is 27.5. The second-order valence-corrected chi connectivity index (χ2v) is 5.32. The number of nitrogens with one attached hydrogen (secondary N) is 2.